The SMILES string of the molecule is COC(C)(CC(F)(F)C(F)(F)F)c1ccc(Br)cc1. The topological polar surface area (TPSA) is 9.23 Å². The third-order valence-corrected chi connectivity index (χ3v) is 3.41. The first-order valence-corrected chi connectivity index (χ1v) is 6.07. The molecule has 7 heteroatoms. The van der Waals surface area contributed by atoms with Crippen molar-refractivity contribution in [1.82, 2.24) is 0 Å². The monoisotopic (exact) mass is 346 g/mol. The molecule has 1 aromatic rings. The van der Waals surface area contributed by atoms with Gasteiger partial charge in [-0.25, -0.2) is 0 Å². The summed E-state index contributed by atoms with van der Waals surface area (Å²) in [6, 6.07) is 6.00. The fraction of sp³-hybridized carbons (Fsp3) is 0.500. The summed E-state index contributed by atoms with van der Waals surface area (Å²) < 4.78 is 68.7. The molecule has 0 saturated carbocycles. The lowest BCUT2D eigenvalue weighted by molar-refractivity contribution is -0.298. The van der Waals surface area contributed by atoms with Crippen LogP contribution in [0.2, 0.25) is 0 Å². The van der Waals surface area contributed by atoms with E-state index in [4.69, 9.17) is 4.74 Å². The fourth-order valence-corrected chi connectivity index (χ4v) is 1.88. The minimum atomic E-state index is -5.60. The highest BCUT2D eigenvalue weighted by molar-refractivity contribution is 9.10. The molecule has 0 bridgehead atoms. The predicted molar refractivity (Wildman–Crippen MR) is 64.1 cm³/mol. The molecule has 0 aliphatic heterocycles. The van der Waals surface area contributed by atoms with Gasteiger partial charge in [-0.2, -0.15) is 22.0 Å². The number of hydrogen-bond donors (Lipinski definition) is 0. The summed E-state index contributed by atoms with van der Waals surface area (Å²) in [5.74, 6) is -4.81. The molecule has 0 spiro atoms. The van der Waals surface area contributed by atoms with Crippen molar-refractivity contribution < 1.29 is 26.7 Å². The average Bonchev–Trinajstić information content (AvgIpc) is 2.27. The van der Waals surface area contributed by atoms with Crippen LogP contribution in [0.3, 0.4) is 0 Å². The maximum absolute atomic E-state index is 13.2. The van der Waals surface area contributed by atoms with Crippen molar-refractivity contribution in [3.8, 4) is 0 Å². The van der Waals surface area contributed by atoms with Crippen LogP contribution in [0.5, 0.6) is 0 Å². The smallest absolute Gasteiger partial charge is 0.374 e. The lowest BCUT2D eigenvalue weighted by Gasteiger charge is -2.33. The Morgan fingerprint density at radius 1 is 1.05 bits per heavy atom. The number of methoxy groups -OCH3 is 1. The number of ether oxygens (including phenoxy) is 1. The number of rotatable bonds is 4. The lowest BCUT2D eigenvalue weighted by Crippen LogP contribution is -2.43. The van der Waals surface area contributed by atoms with Gasteiger partial charge in [-0.1, -0.05) is 28.1 Å². The van der Waals surface area contributed by atoms with Crippen LogP contribution in [0.4, 0.5) is 22.0 Å². The van der Waals surface area contributed by atoms with Gasteiger partial charge in [0.1, 0.15) is 0 Å². The van der Waals surface area contributed by atoms with Gasteiger partial charge in [-0.15, -0.1) is 0 Å². The summed E-state index contributed by atoms with van der Waals surface area (Å²) in [4.78, 5) is 0. The molecule has 1 nitrogen and oxygen atoms in total. The van der Waals surface area contributed by atoms with E-state index >= 15 is 0 Å². The van der Waals surface area contributed by atoms with Crippen molar-refractivity contribution in [3.63, 3.8) is 0 Å². The van der Waals surface area contributed by atoms with Crippen LogP contribution in [-0.2, 0) is 10.3 Å². The Labute approximate surface area is 115 Å². The number of benzene rings is 1. The molecular formula is C12H12BrF5O. The van der Waals surface area contributed by atoms with Gasteiger partial charge >= 0.3 is 12.1 Å². The Hall–Kier alpha value is -0.690. The molecule has 108 valence electrons. The van der Waals surface area contributed by atoms with Crippen molar-refractivity contribution in [2.45, 2.75) is 31.0 Å². The maximum Gasteiger partial charge on any atom is 0.453 e. The van der Waals surface area contributed by atoms with Gasteiger partial charge in [0.25, 0.3) is 0 Å². The first-order chi connectivity index (χ1) is 8.52. The van der Waals surface area contributed by atoms with E-state index in [0.717, 1.165) is 7.11 Å². The van der Waals surface area contributed by atoms with Crippen molar-refractivity contribution in [3.05, 3.63) is 34.3 Å². The molecular weight excluding hydrogens is 335 g/mol. The Morgan fingerprint density at radius 2 is 1.53 bits per heavy atom. The molecule has 1 unspecified atom stereocenters. The standard InChI is InChI=1S/C12H12BrF5O/c1-10(19-2,7-11(14,15)12(16,17)18)8-3-5-9(13)6-4-8/h3-6H,7H2,1-2H3. The molecule has 1 atom stereocenters. The van der Waals surface area contributed by atoms with Crippen LogP contribution in [0.15, 0.2) is 28.7 Å². The summed E-state index contributed by atoms with van der Waals surface area (Å²) in [5, 5.41) is 0. The molecule has 0 aromatic heterocycles. The summed E-state index contributed by atoms with van der Waals surface area (Å²) in [6.45, 7) is 1.20. The van der Waals surface area contributed by atoms with Crippen LogP contribution in [0, 0.1) is 0 Å². The van der Waals surface area contributed by atoms with Gasteiger partial charge in [0, 0.05) is 11.6 Å². The van der Waals surface area contributed by atoms with Crippen molar-refractivity contribution in [1.29, 1.82) is 0 Å². The molecule has 0 fully saturated rings. The van der Waals surface area contributed by atoms with Crippen molar-refractivity contribution in [2.75, 3.05) is 7.11 Å². The molecule has 0 N–H and O–H groups in total. The third kappa shape index (κ3) is 3.66. The van der Waals surface area contributed by atoms with E-state index in [1.807, 2.05) is 0 Å². The van der Waals surface area contributed by atoms with Crippen LogP contribution in [-0.4, -0.2) is 19.2 Å². The molecule has 1 aromatic carbocycles. The summed E-state index contributed by atoms with van der Waals surface area (Å²) >= 11 is 3.16. The largest absolute Gasteiger partial charge is 0.453 e. The summed E-state index contributed by atoms with van der Waals surface area (Å²) in [7, 11) is 1.11. The molecule has 0 radical (unpaired) electrons. The highest BCUT2D eigenvalue weighted by Gasteiger charge is 2.60. The van der Waals surface area contributed by atoms with Crippen LogP contribution in [0.1, 0.15) is 18.9 Å². The Bertz CT molecular complexity index is 429. The Balaban J connectivity index is 3.08. The highest BCUT2D eigenvalue weighted by Crippen LogP contribution is 2.45. The lowest BCUT2D eigenvalue weighted by atomic mass is 9.89. The average molecular weight is 347 g/mol. The quantitative estimate of drug-likeness (QED) is 0.704. The molecule has 0 saturated heterocycles. The van der Waals surface area contributed by atoms with Gasteiger partial charge in [0.2, 0.25) is 0 Å². The van der Waals surface area contributed by atoms with E-state index in [1.165, 1.54) is 19.1 Å². The molecule has 0 aliphatic carbocycles. The summed E-state index contributed by atoms with van der Waals surface area (Å²) in [5.41, 5.74) is -1.47. The first kappa shape index (κ1) is 16.4. The molecule has 1 rings (SSSR count). The minimum absolute atomic E-state index is 0.252. The number of alkyl halides is 5. The normalized spacial score (nSPS) is 16.2. The molecule has 19 heavy (non-hydrogen) atoms. The van der Waals surface area contributed by atoms with Gasteiger partial charge < -0.3 is 4.74 Å². The number of hydrogen-bond acceptors (Lipinski definition) is 1. The zero-order valence-electron chi connectivity index (χ0n) is 10.2. The predicted octanol–water partition coefficient (Wildman–Crippen LogP) is 4.90. The van der Waals surface area contributed by atoms with Gasteiger partial charge in [0.05, 0.1) is 12.0 Å². The fourth-order valence-electron chi connectivity index (χ4n) is 1.62. The molecule has 0 heterocycles. The van der Waals surface area contributed by atoms with Crippen molar-refractivity contribution in [2.24, 2.45) is 0 Å². The Morgan fingerprint density at radius 3 is 1.89 bits per heavy atom. The number of halogens is 6. The second-order valence-corrected chi connectivity index (χ2v) is 5.24. The second kappa shape index (κ2) is 5.36. The van der Waals surface area contributed by atoms with E-state index in [2.05, 4.69) is 15.9 Å². The minimum Gasteiger partial charge on any atom is -0.374 e. The van der Waals surface area contributed by atoms with Crippen LogP contribution >= 0.6 is 15.9 Å². The van der Waals surface area contributed by atoms with E-state index < -0.39 is 24.1 Å². The first-order valence-electron chi connectivity index (χ1n) is 5.27. The summed E-state index contributed by atoms with van der Waals surface area (Å²) in [6.07, 6.45) is -7.07. The zero-order valence-corrected chi connectivity index (χ0v) is 11.8. The zero-order chi connectivity index (χ0) is 14.9. The van der Waals surface area contributed by atoms with E-state index in [-0.39, 0.29) is 5.56 Å². The van der Waals surface area contributed by atoms with Crippen molar-refractivity contribution >= 4 is 15.9 Å². The Kier molecular flexibility index (Phi) is 4.62. The molecule has 0 aliphatic rings. The van der Waals surface area contributed by atoms with Gasteiger partial charge in [-0.3, -0.25) is 0 Å². The van der Waals surface area contributed by atoms with Crippen LogP contribution < -0.4 is 0 Å². The third-order valence-electron chi connectivity index (χ3n) is 2.88. The van der Waals surface area contributed by atoms with Crippen LogP contribution in [0.25, 0.3) is 0 Å². The second-order valence-electron chi connectivity index (χ2n) is 4.32. The van der Waals surface area contributed by atoms with E-state index in [1.54, 1.807) is 12.1 Å². The van der Waals surface area contributed by atoms with E-state index in [0.29, 0.717) is 4.47 Å². The highest BCUT2D eigenvalue weighted by atomic mass is 79.9. The van der Waals surface area contributed by atoms with E-state index in [9.17, 15) is 22.0 Å². The molecule has 0 amide bonds. The maximum atomic E-state index is 13.2. The van der Waals surface area contributed by atoms with Gasteiger partial charge in [0.15, 0.2) is 0 Å². The van der Waals surface area contributed by atoms with Gasteiger partial charge in [-0.05, 0) is 24.6 Å².